The van der Waals surface area contributed by atoms with Gasteiger partial charge >= 0.3 is 0 Å². The van der Waals surface area contributed by atoms with E-state index in [1.165, 1.54) is 5.56 Å². The number of rotatable bonds is 3. The van der Waals surface area contributed by atoms with Gasteiger partial charge in [0, 0.05) is 18.0 Å². The van der Waals surface area contributed by atoms with Gasteiger partial charge in [0.05, 0.1) is 12.1 Å². The molecule has 3 nitrogen and oxygen atoms in total. The van der Waals surface area contributed by atoms with Crippen LogP contribution in [-0.2, 0) is 11.2 Å². The van der Waals surface area contributed by atoms with Crippen LogP contribution in [0.5, 0.6) is 0 Å². The molecule has 0 spiro atoms. The van der Waals surface area contributed by atoms with Crippen LogP contribution in [0.3, 0.4) is 0 Å². The third-order valence-electron chi connectivity index (χ3n) is 2.44. The average Bonchev–Trinajstić information content (AvgIpc) is 2.77. The van der Waals surface area contributed by atoms with Gasteiger partial charge < -0.3 is 5.32 Å². The molecule has 17 heavy (non-hydrogen) atoms. The van der Waals surface area contributed by atoms with E-state index >= 15 is 0 Å². The minimum atomic E-state index is -0.00825. The maximum Gasteiger partial charge on any atom is 0.225 e. The molecule has 1 aromatic carbocycles. The molecule has 0 aliphatic heterocycles. The number of carbonyl (C=O) groups excluding carboxylic acids is 1. The van der Waals surface area contributed by atoms with Gasteiger partial charge in [-0.15, -0.1) is 11.3 Å². The predicted molar refractivity (Wildman–Crippen MR) is 70.1 cm³/mol. The number of hydrogen-bond acceptors (Lipinski definition) is 3. The summed E-state index contributed by atoms with van der Waals surface area (Å²) < 4.78 is 0. The molecule has 2 rings (SSSR count). The van der Waals surface area contributed by atoms with Crippen molar-refractivity contribution in [2.24, 2.45) is 0 Å². The van der Waals surface area contributed by atoms with Gasteiger partial charge in [-0.25, -0.2) is 4.98 Å². The summed E-state index contributed by atoms with van der Waals surface area (Å²) >= 11 is 1.57. The van der Waals surface area contributed by atoms with E-state index in [2.05, 4.69) is 29.4 Å². The van der Waals surface area contributed by atoms with Crippen molar-refractivity contribution in [1.29, 1.82) is 0 Å². The van der Waals surface area contributed by atoms with Crippen molar-refractivity contribution in [3.8, 4) is 10.6 Å². The average molecular weight is 246 g/mol. The maximum absolute atomic E-state index is 11.2. The molecule has 88 valence electrons. The van der Waals surface area contributed by atoms with Crippen molar-refractivity contribution in [3.63, 3.8) is 0 Å². The smallest absolute Gasteiger partial charge is 0.225 e. The van der Waals surface area contributed by atoms with Crippen LogP contribution in [0.1, 0.15) is 11.3 Å². The molecule has 0 fully saturated rings. The van der Waals surface area contributed by atoms with Gasteiger partial charge in [0.15, 0.2) is 0 Å². The Kier molecular flexibility index (Phi) is 3.54. The summed E-state index contributed by atoms with van der Waals surface area (Å²) in [6.45, 7) is 2.06. The summed E-state index contributed by atoms with van der Waals surface area (Å²) in [5, 5.41) is 5.50. The van der Waals surface area contributed by atoms with E-state index in [1.807, 2.05) is 17.5 Å². The van der Waals surface area contributed by atoms with Gasteiger partial charge in [0.2, 0.25) is 5.91 Å². The molecule has 1 heterocycles. The lowest BCUT2D eigenvalue weighted by molar-refractivity contribution is -0.120. The summed E-state index contributed by atoms with van der Waals surface area (Å²) in [4.78, 5) is 15.7. The Morgan fingerprint density at radius 1 is 1.47 bits per heavy atom. The number of benzene rings is 1. The molecule has 0 aliphatic rings. The summed E-state index contributed by atoms with van der Waals surface area (Å²) in [5.41, 5.74) is 3.15. The summed E-state index contributed by atoms with van der Waals surface area (Å²) in [7, 11) is 1.64. The minimum Gasteiger partial charge on any atom is -0.359 e. The number of nitrogens with one attached hydrogen (secondary N) is 1. The van der Waals surface area contributed by atoms with Crippen molar-refractivity contribution in [2.45, 2.75) is 13.3 Å². The summed E-state index contributed by atoms with van der Waals surface area (Å²) in [5.74, 6) is -0.00825. The number of aryl methyl sites for hydroxylation is 1. The molecule has 0 saturated carbocycles. The molecule has 0 unspecified atom stereocenters. The van der Waals surface area contributed by atoms with Crippen LogP contribution in [0.25, 0.3) is 10.6 Å². The lowest BCUT2D eigenvalue weighted by Crippen LogP contribution is -2.19. The molecule has 0 radical (unpaired) electrons. The van der Waals surface area contributed by atoms with Crippen molar-refractivity contribution in [3.05, 3.63) is 40.9 Å². The topological polar surface area (TPSA) is 42.0 Å². The van der Waals surface area contributed by atoms with Crippen LogP contribution in [0.2, 0.25) is 0 Å². The Morgan fingerprint density at radius 2 is 2.29 bits per heavy atom. The maximum atomic E-state index is 11.2. The second kappa shape index (κ2) is 5.10. The highest BCUT2D eigenvalue weighted by atomic mass is 32.1. The fourth-order valence-corrected chi connectivity index (χ4v) is 2.37. The van der Waals surface area contributed by atoms with Crippen LogP contribution < -0.4 is 5.32 Å². The number of aromatic nitrogens is 1. The largest absolute Gasteiger partial charge is 0.359 e. The van der Waals surface area contributed by atoms with E-state index in [4.69, 9.17) is 0 Å². The summed E-state index contributed by atoms with van der Waals surface area (Å²) in [6, 6.07) is 8.21. The molecule has 0 atom stereocenters. The molecule has 4 heteroatoms. The van der Waals surface area contributed by atoms with E-state index in [9.17, 15) is 4.79 Å². The van der Waals surface area contributed by atoms with Gasteiger partial charge in [0.1, 0.15) is 5.01 Å². The zero-order valence-electron chi connectivity index (χ0n) is 9.86. The van der Waals surface area contributed by atoms with Gasteiger partial charge in [-0.2, -0.15) is 0 Å². The molecule has 2 aromatic rings. The quantitative estimate of drug-likeness (QED) is 0.903. The number of carbonyl (C=O) groups is 1. The van der Waals surface area contributed by atoms with Crippen molar-refractivity contribution >= 4 is 17.2 Å². The highest BCUT2D eigenvalue weighted by molar-refractivity contribution is 7.13. The third-order valence-corrected chi connectivity index (χ3v) is 3.38. The fraction of sp³-hybridized carbons (Fsp3) is 0.231. The standard InChI is InChI=1S/C13H14N2OS/c1-9-4-3-5-10(6-9)13-15-11(8-17-13)7-12(16)14-2/h3-6,8H,7H2,1-2H3,(H,14,16). The first-order chi connectivity index (χ1) is 8.19. The highest BCUT2D eigenvalue weighted by Gasteiger charge is 2.07. The highest BCUT2D eigenvalue weighted by Crippen LogP contribution is 2.24. The Morgan fingerprint density at radius 3 is 3.00 bits per heavy atom. The van der Waals surface area contributed by atoms with Gasteiger partial charge in [-0.05, 0) is 13.0 Å². The summed E-state index contributed by atoms with van der Waals surface area (Å²) in [6.07, 6.45) is 0.346. The molecule has 1 amide bonds. The second-order valence-corrected chi connectivity index (χ2v) is 4.72. The Bertz CT molecular complexity index is 534. The van der Waals surface area contributed by atoms with Crippen LogP contribution in [-0.4, -0.2) is 17.9 Å². The van der Waals surface area contributed by atoms with Crippen LogP contribution in [0.15, 0.2) is 29.6 Å². The molecule has 1 N–H and O–H groups in total. The fourth-order valence-electron chi connectivity index (χ4n) is 1.55. The number of hydrogen-bond donors (Lipinski definition) is 1. The molecule has 0 saturated heterocycles. The zero-order valence-corrected chi connectivity index (χ0v) is 10.7. The zero-order chi connectivity index (χ0) is 12.3. The van der Waals surface area contributed by atoms with Crippen molar-refractivity contribution in [1.82, 2.24) is 10.3 Å². The first-order valence-corrected chi connectivity index (χ1v) is 6.29. The van der Waals surface area contributed by atoms with E-state index in [0.29, 0.717) is 6.42 Å². The Labute approximate surface area is 105 Å². The molecule has 1 aromatic heterocycles. The van der Waals surface area contributed by atoms with Gasteiger partial charge in [-0.3, -0.25) is 4.79 Å². The molecular formula is C13H14N2OS. The molecule has 0 aliphatic carbocycles. The number of likely N-dealkylation sites (N-methyl/N-ethyl adjacent to an activating group) is 1. The van der Waals surface area contributed by atoms with Crippen molar-refractivity contribution in [2.75, 3.05) is 7.05 Å². The van der Waals surface area contributed by atoms with E-state index < -0.39 is 0 Å². The number of thiazole rings is 1. The van der Waals surface area contributed by atoms with E-state index in [-0.39, 0.29) is 5.91 Å². The normalized spacial score (nSPS) is 10.2. The predicted octanol–water partition coefficient (Wildman–Crippen LogP) is 2.41. The SMILES string of the molecule is CNC(=O)Cc1csc(-c2cccc(C)c2)n1. The number of nitrogens with zero attached hydrogens (tertiary/aromatic N) is 1. The van der Waals surface area contributed by atoms with E-state index in [1.54, 1.807) is 18.4 Å². The van der Waals surface area contributed by atoms with Gasteiger partial charge in [0.25, 0.3) is 0 Å². The van der Waals surface area contributed by atoms with Crippen LogP contribution >= 0.6 is 11.3 Å². The first kappa shape index (κ1) is 11.8. The molecule has 0 bridgehead atoms. The second-order valence-electron chi connectivity index (χ2n) is 3.86. The minimum absolute atomic E-state index is 0.00825. The monoisotopic (exact) mass is 246 g/mol. The third kappa shape index (κ3) is 2.91. The lowest BCUT2D eigenvalue weighted by atomic mass is 10.1. The van der Waals surface area contributed by atoms with Gasteiger partial charge in [-0.1, -0.05) is 23.8 Å². The van der Waals surface area contributed by atoms with E-state index in [0.717, 1.165) is 16.3 Å². The Balaban J connectivity index is 2.21. The molecular weight excluding hydrogens is 232 g/mol. The van der Waals surface area contributed by atoms with Crippen LogP contribution in [0, 0.1) is 6.92 Å². The Hall–Kier alpha value is -1.68. The lowest BCUT2D eigenvalue weighted by Gasteiger charge is -1.98. The number of amides is 1. The van der Waals surface area contributed by atoms with Crippen molar-refractivity contribution < 1.29 is 4.79 Å². The first-order valence-electron chi connectivity index (χ1n) is 5.41. The van der Waals surface area contributed by atoms with Crippen LogP contribution in [0.4, 0.5) is 0 Å².